The molecule has 0 bridgehead atoms. The van der Waals surface area contributed by atoms with E-state index in [4.69, 9.17) is 0 Å². The van der Waals surface area contributed by atoms with Crippen LogP contribution in [0.5, 0.6) is 0 Å². The summed E-state index contributed by atoms with van der Waals surface area (Å²) in [5, 5.41) is 0. The topological polar surface area (TPSA) is 23.6 Å². The average molecular weight is 332 g/mol. The van der Waals surface area contributed by atoms with E-state index in [0.29, 0.717) is 24.4 Å². The van der Waals surface area contributed by atoms with Gasteiger partial charge in [0.2, 0.25) is 5.91 Å². The average Bonchev–Trinajstić information content (AvgIpc) is 2.57. The largest absolute Gasteiger partial charge is 0.339 e. The van der Waals surface area contributed by atoms with Gasteiger partial charge in [-0.05, 0) is 82.2 Å². The maximum absolute atomic E-state index is 13.3. The lowest BCUT2D eigenvalue weighted by molar-refractivity contribution is -0.136. The minimum atomic E-state index is -0.147. The van der Waals surface area contributed by atoms with Crippen molar-refractivity contribution >= 4 is 5.91 Å². The van der Waals surface area contributed by atoms with E-state index >= 15 is 0 Å². The van der Waals surface area contributed by atoms with E-state index in [-0.39, 0.29) is 5.82 Å². The number of amides is 1. The van der Waals surface area contributed by atoms with Crippen LogP contribution in [-0.2, 0) is 11.2 Å². The van der Waals surface area contributed by atoms with E-state index in [2.05, 4.69) is 16.7 Å². The van der Waals surface area contributed by atoms with Crippen molar-refractivity contribution in [2.24, 2.45) is 5.92 Å². The van der Waals surface area contributed by atoms with Crippen LogP contribution in [0.15, 0.2) is 24.3 Å². The first-order valence-corrected chi connectivity index (χ1v) is 9.38. The van der Waals surface area contributed by atoms with Crippen LogP contribution >= 0.6 is 0 Å². The molecule has 1 aromatic carbocycles. The summed E-state index contributed by atoms with van der Waals surface area (Å²) >= 11 is 0. The maximum atomic E-state index is 13.3. The summed E-state index contributed by atoms with van der Waals surface area (Å²) < 4.78 is 13.3. The molecule has 132 valence electrons. The van der Waals surface area contributed by atoms with Gasteiger partial charge in [0.15, 0.2) is 0 Å². The van der Waals surface area contributed by atoms with Crippen molar-refractivity contribution in [3.63, 3.8) is 0 Å². The van der Waals surface area contributed by atoms with E-state index in [1.165, 1.54) is 12.5 Å². The number of benzene rings is 1. The fraction of sp³-hybridized carbons (Fsp3) is 0.650. The van der Waals surface area contributed by atoms with E-state index in [9.17, 15) is 9.18 Å². The Labute approximate surface area is 144 Å². The summed E-state index contributed by atoms with van der Waals surface area (Å²) in [5.41, 5.74) is 1.09. The van der Waals surface area contributed by atoms with Crippen LogP contribution in [0.2, 0.25) is 0 Å². The molecule has 2 heterocycles. The fourth-order valence-electron chi connectivity index (χ4n) is 4.10. The van der Waals surface area contributed by atoms with Crippen molar-refractivity contribution in [1.82, 2.24) is 9.80 Å². The molecule has 4 heteroatoms. The van der Waals surface area contributed by atoms with Gasteiger partial charge in [-0.15, -0.1) is 0 Å². The number of hydrogen-bond donors (Lipinski definition) is 0. The second kappa shape index (κ2) is 8.11. The van der Waals surface area contributed by atoms with Crippen LogP contribution in [0.1, 0.15) is 44.6 Å². The molecule has 24 heavy (non-hydrogen) atoms. The van der Waals surface area contributed by atoms with Crippen LogP contribution in [0.25, 0.3) is 0 Å². The predicted molar refractivity (Wildman–Crippen MR) is 94.3 cm³/mol. The zero-order chi connectivity index (χ0) is 16.9. The molecule has 2 saturated heterocycles. The molecule has 0 N–H and O–H groups in total. The molecule has 0 aliphatic carbocycles. The number of likely N-dealkylation sites (tertiary alicyclic amines) is 2. The highest BCUT2D eigenvalue weighted by molar-refractivity contribution is 5.78. The number of halogens is 1. The Balaban J connectivity index is 1.44. The summed E-state index contributed by atoms with van der Waals surface area (Å²) in [4.78, 5) is 16.9. The predicted octanol–water partition coefficient (Wildman–Crippen LogP) is 3.48. The number of carbonyl (C=O) groups is 1. The number of rotatable bonds is 4. The van der Waals surface area contributed by atoms with Crippen LogP contribution in [0, 0.1) is 11.7 Å². The SMILES string of the molecule is C[C@@H]1CCCCN1C(=O)CN1CCC(Cc2cccc(F)c2)CC1. The van der Waals surface area contributed by atoms with Crippen molar-refractivity contribution in [3.05, 3.63) is 35.6 Å². The van der Waals surface area contributed by atoms with Crippen molar-refractivity contribution < 1.29 is 9.18 Å². The molecule has 3 rings (SSSR count). The molecular weight excluding hydrogens is 303 g/mol. The Morgan fingerprint density at radius 3 is 2.67 bits per heavy atom. The molecule has 2 aliphatic heterocycles. The molecule has 0 spiro atoms. The minimum Gasteiger partial charge on any atom is -0.339 e. The highest BCUT2D eigenvalue weighted by Gasteiger charge is 2.26. The Morgan fingerprint density at radius 1 is 1.17 bits per heavy atom. The lowest BCUT2D eigenvalue weighted by Crippen LogP contribution is -2.48. The molecule has 0 saturated carbocycles. The Morgan fingerprint density at radius 2 is 1.96 bits per heavy atom. The summed E-state index contributed by atoms with van der Waals surface area (Å²) in [6.07, 6.45) is 6.67. The van der Waals surface area contributed by atoms with E-state index in [1.54, 1.807) is 12.1 Å². The maximum Gasteiger partial charge on any atom is 0.236 e. The van der Waals surface area contributed by atoms with Gasteiger partial charge in [0.1, 0.15) is 5.82 Å². The first-order chi connectivity index (χ1) is 11.6. The molecule has 1 atom stereocenters. The van der Waals surface area contributed by atoms with E-state index < -0.39 is 0 Å². The third-order valence-corrected chi connectivity index (χ3v) is 5.60. The third kappa shape index (κ3) is 4.56. The van der Waals surface area contributed by atoms with Crippen molar-refractivity contribution in [2.45, 2.75) is 51.5 Å². The molecule has 1 aromatic rings. The number of piperidine rings is 2. The summed E-state index contributed by atoms with van der Waals surface area (Å²) in [6.45, 7) is 5.62. The van der Waals surface area contributed by atoms with E-state index in [0.717, 1.165) is 57.3 Å². The smallest absolute Gasteiger partial charge is 0.236 e. The quantitative estimate of drug-likeness (QED) is 0.843. The summed E-state index contributed by atoms with van der Waals surface area (Å²) in [6, 6.07) is 7.35. The Hall–Kier alpha value is -1.42. The van der Waals surface area contributed by atoms with Crippen molar-refractivity contribution in [1.29, 1.82) is 0 Å². The highest BCUT2D eigenvalue weighted by Crippen LogP contribution is 2.23. The van der Waals surface area contributed by atoms with Gasteiger partial charge in [-0.3, -0.25) is 9.69 Å². The van der Waals surface area contributed by atoms with Crippen LogP contribution in [0.4, 0.5) is 4.39 Å². The lowest BCUT2D eigenvalue weighted by Gasteiger charge is -2.37. The van der Waals surface area contributed by atoms with Crippen molar-refractivity contribution in [2.75, 3.05) is 26.2 Å². The first-order valence-electron chi connectivity index (χ1n) is 9.38. The Kier molecular flexibility index (Phi) is 5.88. The molecule has 3 nitrogen and oxygen atoms in total. The molecule has 1 amide bonds. The zero-order valence-corrected chi connectivity index (χ0v) is 14.7. The third-order valence-electron chi connectivity index (χ3n) is 5.60. The summed E-state index contributed by atoms with van der Waals surface area (Å²) in [7, 11) is 0. The fourth-order valence-corrected chi connectivity index (χ4v) is 4.10. The molecule has 0 radical (unpaired) electrons. The first kappa shape index (κ1) is 17.4. The highest BCUT2D eigenvalue weighted by atomic mass is 19.1. The molecule has 0 unspecified atom stereocenters. The van der Waals surface area contributed by atoms with Gasteiger partial charge in [0.05, 0.1) is 6.54 Å². The van der Waals surface area contributed by atoms with Gasteiger partial charge < -0.3 is 4.90 Å². The Bertz CT molecular complexity index is 554. The van der Waals surface area contributed by atoms with Crippen LogP contribution < -0.4 is 0 Å². The second-order valence-corrected chi connectivity index (χ2v) is 7.49. The molecular formula is C20H29FN2O. The molecule has 0 aromatic heterocycles. The number of nitrogens with zero attached hydrogens (tertiary/aromatic N) is 2. The number of carbonyl (C=O) groups excluding carboxylic acids is 1. The minimum absolute atomic E-state index is 0.147. The summed E-state index contributed by atoms with van der Waals surface area (Å²) in [5.74, 6) is 0.754. The van der Waals surface area contributed by atoms with E-state index in [1.807, 2.05) is 6.07 Å². The normalized spacial score (nSPS) is 23.4. The van der Waals surface area contributed by atoms with Crippen molar-refractivity contribution in [3.8, 4) is 0 Å². The van der Waals surface area contributed by atoms with Gasteiger partial charge >= 0.3 is 0 Å². The van der Waals surface area contributed by atoms with Crippen LogP contribution in [0.3, 0.4) is 0 Å². The van der Waals surface area contributed by atoms with Crippen LogP contribution in [-0.4, -0.2) is 47.9 Å². The zero-order valence-electron chi connectivity index (χ0n) is 14.7. The molecule has 2 fully saturated rings. The van der Waals surface area contributed by atoms with Gasteiger partial charge in [-0.1, -0.05) is 12.1 Å². The van der Waals surface area contributed by atoms with Gasteiger partial charge in [0, 0.05) is 12.6 Å². The lowest BCUT2D eigenvalue weighted by atomic mass is 9.90. The van der Waals surface area contributed by atoms with Gasteiger partial charge in [-0.25, -0.2) is 4.39 Å². The number of hydrogen-bond acceptors (Lipinski definition) is 2. The second-order valence-electron chi connectivity index (χ2n) is 7.49. The molecule has 2 aliphatic rings. The van der Waals surface area contributed by atoms with Gasteiger partial charge in [0.25, 0.3) is 0 Å². The monoisotopic (exact) mass is 332 g/mol. The standard InChI is InChI=1S/C20H29FN2O/c1-16-5-2-3-10-23(16)20(24)15-22-11-8-17(9-12-22)13-18-6-4-7-19(21)14-18/h4,6-7,14,16-17H,2-3,5,8-13,15H2,1H3/t16-/m1/s1. The van der Waals surface area contributed by atoms with Gasteiger partial charge in [-0.2, -0.15) is 0 Å².